The molecule has 0 aromatic carbocycles. The SMILES string of the molecule is Cc1n[nH]c(C)c1S(=O)(=O)N1CCC(CN)C1.Cl. The number of hydrogen-bond acceptors (Lipinski definition) is 4. The Hall–Kier alpha value is -0.630. The molecule has 18 heavy (non-hydrogen) atoms. The lowest BCUT2D eigenvalue weighted by Gasteiger charge is -2.16. The van der Waals surface area contributed by atoms with Crippen LogP contribution in [0.2, 0.25) is 0 Å². The van der Waals surface area contributed by atoms with Crippen LogP contribution < -0.4 is 5.73 Å². The number of hydrogen-bond donors (Lipinski definition) is 2. The Bertz CT molecular complexity index is 494. The number of aromatic nitrogens is 2. The zero-order valence-corrected chi connectivity index (χ0v) is 12.1. The van der Waals surface area contributed by atoms with Gasteiger partial charge in [0.15, 0.2) is 0 Å². The molecule has 1 aromatic rings. The summed E-state index contributed by atoms with van der Waals surface area (Å²) in [5.41, 5.74) is 6.70. The van der Waals surface area contributed by atoms with Crippen LogP contribution in [0.1, 0.15) is 17.8 Å². The van der Waals surface area contributed by atoms with Crippen molar-refractivity contribution in [2.45, 2.75) is 25.2 Å². The Morgan fingerprint density at radius 3 is 2.61 bits per heavy atom. The summed E-state index contributed by atoms with van der Waals surface area (Å²) in [5.74, 6) is 0.275. The predicted octanol–water partition coefficient (Wildman–Crippen LogP) is 0.418. The highest BCUT2D eigenvalue weighted by Gasteiger charge is 2.34. The van der Waals surface area contributed by atoms with Crippen LogP contribution in [-0.4, -0.2) is 42.6 Å². The molecule has 6 nitrogen and oxygen atoms in total. The summed E-state index contributed by atoms with van der Waals surface area (Å²) in [6.07, 6.45) is 0.839. The van der Waals surface area contributed by atoms with Gasteiger partial charge in [-0.05, 0) is 32.7 Å². The number of rotatable bonds is 3. The molecule has 3 N–H and O–H groups in total. The largest absolute Gasteiger partial charge is 0.330 e. The molecular formula is C10H19ClN4O2S. The van der Waals surface area contributed by atoms with E-state index in [1.54, 1.807) is 13.8 Å². The fourth-order valence-electron chi connectivity index (χ4n) is 2.26. The first-order chi connectivity index (χ1) is 7.96. The van der Waals surface area contributed by atoms with Gasteiger partial charge in [0.2, 0.25) is 10.0 Å². The monoisotopic (exact) mass is 294 g/mol. The first kappa shape index (κ1) is 15.4. The Balaban J connectivity index is 0.00000162. The van der Waals surface area contributed by atoms with Gasteiger partial charge in [0.05, 0.1) is 11.4 Å². The van der Waals surface area contributed by atoms with Crippen molar-refractivity contribution in [3.63, 3.8) is 0 Å². The van der Waals surface area contributed by atoms with Crippen LogP contribution >= 0.6 is 12.4 Å². The number of aromatic amines is 1. The van der Waals surface area contributed by atoms with Crippen LogP contribution in [0.25, 0.3) is 0 Å². The van der Waals surface area contributed by atoms with Crippen molar-refractivity contribution < 1.29 is 8.42 Å². The van der Waals surface area contributed by atoms with Crippen LogP contribution in [0.15, 0.2) is 4.90 Å². The number of nitrogens with two attached hydrogens (primary N) is 1. The molecule has 0 amide bonds. The van der Waals surface area contributed by atoms with Gasteiger partial charge in [-0.1, -0.05) is 0 Å². The zero-order chi connectivity index (χ0) is 12.6. The van der Waals surface area contributed by atoms with E-state index in [2.05, 4.69) is 10.2 Å². The minimum absolute atomic E-state index is 0. The standard InChI is InChI=1S/C10H18N4O2S.ClH/c1-7-10(8(2)13-12-7)17(15,16)14-4-3-9(5-11)6-14;/h9H,3-6,11H2,1-2H3,(H,12,13);1H. The Kier molecular flexibility index (Phi) is 4.77. The third-order valence-corrected chi connectivity index (χ3v) is 5.37. The molecule has 1 saturated heterocycles. The Morgan fingerprint density at radius 2 is 2.17 bits per heavy atom. The van der Waals surface area contributed by atoms with Crippen molar-refractivity contribution in [2.24, 2.45) is 11.7 Å². The minimum atomic E-state index is -3.42. The fourth-order valence-corrected chi connectivity index (χ4v) is 4.12. The first-order valence-corrected chi connectivity index (χ1v) is 7.12. The van der Waals surface area contributed by atoms with Crippen molar-refractivity contribution in [2.75, 3.05) is 19.6 Å². The minimum Gasteiger partial charge on any atom is -0.330 e. The molecule has 0 bridgehead atoms. The molecule has 1 aliphatic rings. The highest BCUT2D eigenvalue weighted by Crippen LogP contribution is 2.26. The van der Waals surface area contributed by atoms with Gasteiger partial charge >= 0.3 is 0 Å². The lowest BCUT2D eigenvalue weighted by Crippen LogP contribution is -2.30. The smallest absolute Gasteiger partial charge is 0.246 e. The molecule has 2 heterocycles. The molecule has 1 fully saturated rings. The normalized spacial score (nSPS) is 20.9. The molecule has 1 atom stereocenters. The summed E-state index contributed by atoms with van der Waals surface area (Å²) in [7, 11) is -3.42. The number of aryl methyl sites for hydroxylation is 2. The number of H-pyrrole nitrogens is 1. The van der Waals surface area contributed by atoms with E-state index < -0.39 is 10.0 Å². The van der Waals surface area contributed by atoms with E-state index in [0.717, 1.165) is 6.42 Å². The van der Waals surface area contributed by atoms with Crippen molar-refractivity contribution in [1.82, 2.24) is 14.5 Å². The van der Waals surface area contributed by atoms with Gasteiger partial charge in [-0.3, -0.25) is 5.10 Å². The zero-order valence-electron chi connectivity index (χ0n) is 10.5. The number of halogens is 1. The molecule has 0 aliphatic carbocycles. The molecule has 1 aliphatic heterocycles. The van der Waals surface area contributed by atoms with Gasteiger partial charge in [-0.2, -0.15) is 9.40 Å². The van der Waals surface area contributed by atoms with Crippen LogP contribution in [0.5, 0.6) is 0 Å². The van der Waals surface area contributed by atoms with Gasteiger partial charge in [-0.15, -0.1) is 12.4 Å². The van der Waals surface area contributed by atoms with Crippen molar-refractivity contribution in [3.8, 4) is 0 Å². The highest BCUT2D eigenvalue weighted by molar-refractivity contribution is 7.89. The Morgan fingerprint density at radius 1 is 1.50 bits per heavy atom. The highest BCUT2D eigenvalue weighted by atomic mass is 35.5. The Labute approximate surface area is 113 Å². The van der Waals surface area contributed by atoms with Crippen LogP contribution in [0, 0.1) is 19.8 Å². The second kappa shape index (κ2) is 5.56. The lowest BCUT2D eigenvalue weighted by molar-refractivity contribution is 0.458. The van der Waals surface area contributed by atoms with E-state index in [9.17, 15) is 8.42 Å². The third kappa shape index (κ3) is 2.54. The number of nitrogens with zero attached hydrogens (tertiary/aromatic N) is 2. The van der Waals surface area contributed by atoms with Gasteiger partial charge in [-0.25, -0.2) is 8.42 Å². The van der Waals surface area contributed by atoms with Gasteiger partial charge < -0.3 is 5.73 Å². The average molecular weight is 295 g/mol. The summed E-state index contributed by atoms with van der Waals surface area (Å²) in [6.45, 7) is 5.03. The van der Waals surface area contributed by atoms with Crippen LogP contribution in [0.3, 0.4) is 0 Å². The fraction of sp³-hybridized carbons (Fsp3) is 0.700. The molecule has 0 spiro atoms. The maximum Gasteiger partial charge on any atom is 0.246 e. The van der Waals surface area contributed by atoms with Crippen LogP contribution in [0.4, 0.5) is 0 Å². The van der Waals surface area contributed by atoms with Crippen molar-refractivity contribution in [1.29, 1.82) is 0 Å². The summed E-state index contributed by atoms with van der Waals surface area (Å²) >= 11 is 0. The van der Waals surface area contributed by atoms with Gasteiger partial charge in [0.1, 0.15) is 4.90 Å². The van der Waals surface area contributed by atoms with Gasteiger partial charge in [0, 0.05) is 13.1 Å². The maximum absolute atomic E-state index is 12.4. The van der Waals surface area contributed by atoms with E-state index >= 15 is 0 Å². The second-order valence-corrected chi connectivity index (χ2v) is 6.39. The van der Waals surface area contributed by atoms with E-state index in [1.807, 2.05) is 0 Å². The van der Waals surface area contributed by atoms with E-state index in [4.69, 9.17) is 5.73 Å². The molecule has 1 aromatic heterocycles. The first-order valence-electron chi connectivity index (χ1n) is 5.68. The molecule has 0 radical (unpaired) electrons. The van der Waals surface area contributed by atoms with Crippen LogP contribution in [-0.2, 0) is 10.0 Å². The van der Waals surface area contributed by atoms with Crippen molar-refractivity contribution in [3.05, 3.63) is 11.4 Å². The average Bonchev–Trinajstić information content (AvgIpc) is 2.85. The molecule has 2 rings (SSSR count). The molecule has 104 valence electrons. The number of nitrogens with one attached hydrogen (secondary N) is 1. The van der Waals surface area contributed by atoms with E-state index in [1.165, 1.54) is 4.31 Å². The van der Waals surface area contributed by atoms with E-state index in [-0.39, 0.29) is 18.3 Å². The van der Waals surface area contributed by atoms with Gasteiger partial charge in [0.25, 0.3) is 0 Å². The predicted molar refractivity (Wildman–Crippen MR) is 71.2 cm³/mol. The third-order valence-electron chi connectivity index (χ3n) is 3.24. The summed E-state index contributed by atoms with van der Waals surface area (Å²) < 4.78 is 26.4. The van der Waals surface area contributed by atoms with E-state index in [0.29, 0.717) is 35.9 Å². The lowest BCUT2D eigenvalue weighted by atomic mass is 10.1. The molecule has 0 saturated carbocycles. The quantitative estimate of drug-likeness (QED) is 0.845. The topological polar surface area (TPSA) is 92.1 Å². The molecule has 1 unspecified atom stereocenters. The summed E-state index contributed by atoms with van der Waals surface area (Å²) in [4.78, 5) is 0.315. The maximum atomic E-state index is 12.4. The number of sulfonamides is 1. The second-order valence-electron chi connectivity index (χ2n) is 4.52. The molecular weight excluding hydrogens is 276 g/mol. The summed E-state index contributed by atoms with van der Waals surface area (Å²) in [5, 5.41) is 6.65. The van der Waals surface area contributed by atoms with Crippen molar-refractivity contribution >= 4 is 22.4 Å². The summed E-state index contributed by atoms with van der Waals surface area (Å²) in [6, 6.07) is 0. The molecule has 8 heteroatoms.